The van der Waals surface area contributed by atoms with Gasteiger partial charge in [0, 0.05) is 37.6 Å². The highest BCUT2D eigenvalue weighted by Crippen LogP contribution is 2.47. The third kappa shape index (κ3) is 4.06. The van der Waals surface area contributed by atoms with E-state index < -0.39 is 17.4 Å². The molecule has 178 valence electrons. The van der Waals surface area contributed by atoms with Gasteiger partial charge in [-0.25, -0.2) is 19.7 Å². The number of anilines is 2. The Morgan fingerprint density at radius 2 is 1.88 bits per heavy atom. The van der Waals surface area contributed by atoms with E-state index in [2.05, 4.69) is 16.0 Å². The lowest BCUT2D eigenvalue weighted by molar-refractivity contribution is -0.149. The van der Waals surface area contributed by atoms with Crippen molar-refractivity contribution in [2.75, 3.05) is 29.4 Å². The summed E-state index contributed by atoms with van der Waals surface area (Å²) >= 11 is 1.51. The molecule has 1 saturated heterocycles. The lowest BCUT2D eigenvalue weighted by Crippen LogP contribution is -2.43. The first kappa shape index (κ1) is 22.5. The normalized spacial score (nSPS) is 17.6. The predicted molar refractivity (Wildman–Crippen MR) is 132 cm³/mol. The van der Waals surface area contributed by atoms with Crippen LogP contribution in [0.5, 0.6) is 0 Å². The van der Waals surface area contributed by atoms with E-state index in [1.165, 1.54) is 21.8 Å². The van der Waals surface area contributed by atoms with E-state index in [0.29, 0.717) is 49.5 Å². The van der Waals surface area contributed by atoms with E-state index in [0.717, 1.165) is 34.2 Å². The first-order valence-corrected chi connectivity index (χ1v) is 12.4. The fourth-order valence-electron chi connectivity index (χ4n) is 4.46. The van der Waals surface area contributed by atoms with Crippen LogP contribution in [-0.2, 0) is 4.79 Å². The Kier molecular flexibility index (Phi) is 5.63. The minimum atomic E-state index is -0.742. The smallest absolute Gasteiger partial charge is 0.321 e. The highest BCUT2D eigenvalue weighted by molar-refractivity contribution is 7.22. The van der Waals surface area contributed by atoms with Crippen molar-refractivity contribution in [1.29, 1.82) is 0 Å². The number of aliphatic carboxylic acids is 1. The summed E-state index contributed by atoms with van der Waals surface area (Å²) in [7, 11) is 0. The van der Waals surface area contributed by atoms with Crippen LogP contribution in [0.15, 0.2) is 24.5 Å². The molecule has 10 heteroatoms. The molecule has 34 heavy (non-hydrogen) atoms. The van der Waals surface area contributed by atoms with Gasteiger partial charge in [0.25, 0.3) is 0 Å². The van der Waals surface area contributed by atoms with E-state index in [1.807, 2.05) is 30.3 Å². The lowest BCUT2D eigenvalue weighted by Gasteiger charge is -2.36. The lowest BCUT2D eigenvalue weighted by atomic mass is 9.80. The molecule has 9 nitrogen and oxygen atoms in total. The molecule has 1 aliphatic heterocycles. The number of carbonyl (C=O) groups is 2. The summed E-state index contributed by atoms with van der Waals surface area (Å²) in [5.74, 6) is 0.389. The van der Waals surface area contributed by atoms with Gasteiger partial charge in [-0.1, -0.05) is 11.3 Å². The maximum atomic E-state index is 11.8. The molecule has 2 fully saturated rings. The molecule has 2 aliphatic rings. The van der Waals surface area contributed by atoms with Gasteiger partial charge in [0.05, 0.1) is 15.6 Å². The molecule has 0 bridgehead atoms. The minimum Gasteiger partial charge on any atom is -0.481 e. The van der Waals surface area contributed by atoms with Crippen molar-refractivity contribution >= 4 is 44.6 Å². The molecule has 2 aromatic heterocycles. The molecule has 0 unspecified atom stereocenters. The Morgan fingerprint density at radius 1 is 1.21 bits per heavy atom. The molecule has 1 saturated carbocycles. The molecule has 1 aromatic carbocycles. The van der Waals surface area contributed by atoms with Crippen LogP contribution in [0, 0.1) is 5.41 Å². The Bertz CT molecular complexity index is 1250. The number of amides is 2. The van der Waals surface area contributed by atoms with Crippen molar-refractivity contribution in [2.45, 2.75) is 45.4 Å². The number of rotatable bonds is 6. The second-order valence-corrected chi connectivity index (χ2v) is 10.4. The minimum absolute atomic E-state index is 0.470. The Balaban J connectivity index is 1.43. The van der Waals surface area contributed by atoms with Crippen molar-refractivity contribution in [3.63, 3.8) is 0 Å². The first-order chi connectivity index (χ1) is 16.3. The number of hydrogen-bond donors (Lipinski definition) is 2. The molecular weight excluding hydrogens is 452 g/mol. The van der Waals surface area contributed by atoms with Gasteiger partial charge in [-0.3, -0.25) is 9.69 Å². The van der Waals surface area contributed by atoms with Gasteiger partial charge in [0.1, 0.15) is 0 Å². The Hall–Kier alpha value is -3.27. The van der Waals surface area contributed by atoms with Crippen LogP contribution in [0.1, 0.15) is 51.0 Å². The summed E-state index contributed by atoms with van der Waals surface area (Å²) in [5, 5.41) is 10.1. The van der Waals surface area contributed by atoms with Crippen LogP contribution in [0.3, 0.4) is 0 Å². The van der Waals surface area contributed by atoms with Gasteiger partial charge in [0.2, 0.25) is 5.95 Å². The Labute approximate surface area is 201 Å². The van der Waals surface area contributed by atoms with Crippen LogP contribution in [-0.4, -0.2) is 51.7 Å². The molecule has 3 aromatic rings. The molecule has 3 N–H and O–H groups in total. The number of carbonyl (C=O) groups excluding carboxylic acids is 1. The third-order valence-corrected chi connectivity index (χ3v) is 8.12. The number of benzene rings is 1. The maximum Gasteiger partial charge on any atom is 0.321 e. The molecule has 0 spiro atoms. The van der Waals surface area contributed by atoms with E-state index in [1.54, 1.807) is 6.92 Å². The topological polar surface area (TPSA) is 126 Å². The summed E-state index contributed by atoms with van der Waals surface area (Å²) in [6.45, 7) is 5.40. The Morgan fingerprint density at radius 3 is 2.44 bits per heavy atom. The summed E-state index contributed by atoms with van der Waals surface area (Å²) < 4.78 is 1.10. The van der Waals surface area contributed by atoms with Gasteiger partial charge < -0.3 is 15.7 Å². The summed E-state index contributed by atoms with van der Waals surface area (Å²) in [5.41, 5.74) is 8.87. The zero-order chi connectivity index (χ0) is 24.0. The molecule has 3 heterocycles. The fraction of sp³-hybridized carbons (Fsp3) is 0.458. The van der Waals surface area contributed by atoms with E-state index in [4.69, 9.17) is 10.7 Å². The summed E-state index contributed by atoms with van der Waals surface area (Å²) in [6.07, 6.45) is 7.08. The summed E-state index contributed by atoms with van der Waals surface area (Å²) in [4.78, 5) is 40.8. The SMILES string of the molecule is CCN(C(N)=O)c1nc2cc(-c3cnc(N4CCC(C)(C(=O)O)CC4)nc3)cc(C3CC3)c2s1. The number of piperidine rings is 1. The molecular formula is C24H28N6O3S. The first-order valence-electron chi connectivity index (χ1n) is 11.6. The zero-order valence-electron chi connectivity index (χ0n) is 19.3. The number of primary amides is 1. The van der Waals surface area contributed by atoms with Crippen LogP contribution in [0.4, 0.5) is 15.9 Å². The fourth-order valence-corrected chi connectivity index (χ4v) is 5.67. The highest BCUT2D eigenvalue weighted by atomic mass is 32.1. The maximum absolute atomic E-state index is 11.8. The number of aromatic nitrogens is 3. The van der Waals surface area contributed by atoms with E-state index in [9.17, 15) is 14.7 Å². The van der Waals surface area contributed by atoms with Gasteiger partial charge in [-0.15, -0.1) is 0 Å². The number of carboxylic acids is 1. The number of hydrogen-bond acceptors (Lipinski definition) is 7. The van der Waals surface area contributed by atoms with Crippen molar-refractivity contribution in [2.24, 2.45) is 11.1 Å². The molecule has 5 rings (SSSR count). The van der Waals surface area contributed by atoms with Gasteiger partial charge in [-0.2, -0.15) is 0 Å². The largest absolute Gasteiger partial charge is 0.481 e. The summed E-state index contributed by atoms with van der Waals surface area (Å²) in [6, 6.07) is 3.72. The van der Waals surface area contributed by atoms with Crippen LogP contribution in [0.25, 0.3) is 21.3 Å². The van der Waals surface area contributed by atoms with Gasteiger partial charge in [-0.05, 0) is 68.7 Å². The molecule has 2 amide bonds. The number of urea groups is 1. The van der Waals surface area contributed by atoms with Crippen molar-refractivity contribution in [1.82, 2.24) is 15.0 Å². The van der Waals surface area contributed by atoms with Crippen LogP contribution >= 0.6 is 11.3 Å². The zero-order valence-corrected chi connectivity index (χ0v) is 20.1. The van der Waals surface area contributed by atoms with Gasteiger partial charge in [0.15, 0.2) is 5.13 Å². The third-order valence-electron chi connectivity index (χ3n) is 6.98. The number of thiazole rings is 1. The van der Waals surface area contributed by atoms with E-state index in [-0.39, 0.29) is 0 Å². The van der Waals surface area contributed by atoms with Crippen LogP contribution < -0.4 is 15.5 Å². The average molecular weight is 481 g/mol. The quantitative estimate of drug-likeness (QED) is 0.541. The van der Waals surface area contributed by atoms with Crippen molar-refractivity contribution in [3.8, 4) is 11.1 Å². The molecule has 1 aliphatic carbocycles. The van der Waals surface area contributed by atoms with Gasteiger partial charge >= 0.3 is 12.0 Å². The van der Waals surface area contributed by atoms with Crippen LogP contribution in [0.2, 0.25) is 0 Å². The monoisotopic (exact) mass is 480 g/mol. The standard InChI is InChI=1S/C24H28N6O3S/c1-3-30(21(25)33)23-28-18-11-15(10-17(14-4-5-14)19(18)34-23)16-12-26-22(27-13-16)29-8-6-24(2,7-9-29)20(31)32/h10-14H,3-9H2,1-2H3,(H2,25,33)(H,31,32). The second-order valence-electron chi connectivity index (χ2n) is 9.39. The second kappa shape index (κ2) is 8.50. The van der Waals surface area contributed by atoms with Crippen molar-refractivity contribution in [3.05, 3.63) is 30.1 Å². The highest BCUT2D eigenvalue weighted by Gasteiger charge is 2.37. The van der Waals surface area contributed by atoms with E-state index >= 15 is 0 Å². The number of fused-ring (bicyclic) bond motifs is 1. The number of nitrogens with zero attached hydrogens (tertiary/aromatic N) is 5. The molecule has 0 atom stereocenters. The van der Waals surface area contributed by atoms with Crippen molar-refractivity contribution < 1.29 is 14.7 Å². The molecule has 0 radical (unpaired) electrons. The number of carboxylic acid groups (broad SMARTS) is 1. The average Bonchev–Trinajstić information content (AvgIpc) is 3.58. The number of nitrogens with two attached hydrogens (primary N) is 1. The predicted octanol–water partition coefficient (Wildman–Crippen LogP) is 4.23.